The lowest BCUT2D eigenvalue weighted by atomic mass is 10.0. The van der Waals surface area contributed by atoms with E-state index in [2.05, 4.69) is 26.0 Å². The van der Waals surface area contributed by atoms with Gasteiger partial charge in [0.1, 0.15) is 6.61 Å². The third kappa shape index (κ3) is 40.2. The number of ether oxygens (including phenoxy) is 2. The molecule has 0 aliphatic carbocycles. The van der Waals surface area contributed by atoms with Gasteiger partial charge in [-0.25, -0.2) is 4.57 Å². The van der Waals surface area contributed by atoms with E-state index < -0.39 is 26.5 Å². The molecule has 0 bridgehead atoms. The zero-order chi connectivity index (χ0) is 38.9. The summed E-state index contributed by atoms with van der Waals surface area (Å²) in [6, 6.07) is 0. The number of rotatable bonds is 42. The molecule has 0 fully saturated rings. The van der Waals surface area contributed by atoms with E-state index in [1.807, 2.05) is 0 Å². The monoisotopic (exact) mass is 774 g/mol. The number of phosphoric ester groups is 1. The summed E-state index contributed by atoms with van der Waals surface area (Å²) in [5, 5.41) is 0. The first-order chi connectivity index (χ1) is 25.8. The Hall–Kier alpha value is -1.25. The summed E-state index contributed by atoms with van der Waals surface area (Å²) < 4.78 is 32.8. The van der Waals surface area contributed by atoms with Gasteiger partial charge in [-0.15, -0.1) is 0 Å². The first kappa shape index (κ1) is 51.8. The Morgan fingerprint density at radius 1 is 0.547 bits per heavy atom. The van der Waals surface area contributed by atoms with E-state index in [0.717, 1.165) is 51.4 Å². The first-order valence-electron chi connectivity index (χ1n) is 22.2. The lowest BCUT2D eigenvalue weighted by molar-refractivity contribution is -0.161. The van der Waals surface area contributed by atoms with Crippen LogP contribution in [0.15, 0.2) is 12.2 Å². The van der Waals surface area contributed by atoms with Crippen molar-refractivity contribution in [2.24, 2.45) is 5.73 Å². The van der Waals surface area contributed by atoms with Crippen LogP contribution in [-0.4, -0.2) is 49.3 Å². The van der Waals surface area contributed by atoms with Crippen molar-refractivity contribution < 1.29 is 37.6 Å². The Labute approximate surface area is 326 Å². The Balaban J connectivity index is 4.12. The van der Waals surface area contributed by atoms with Gasteiger partial charge in [0.25, 0.3) is 0 Å². The Kier molecular flexibility index (Phi) is 39.5. The van der Waals surface area contributed by atoms with Gasteiger partial charge in [-0.05, 0) is 38.5 Å². The van der Waals surface area contributed by atoms with Crippen LogP contribution in [0, 0.1) is 0 Å². The number of phosphoric acid groups is 1. The molecule has 0 aromatic carbocycles. The van der Waals surface area contributed by atoms with Crippen molar-refractivity contribution >= 4 is 19.8 Å². The van der Waals surface area contributed by atoms with E-state index in [1.54, 1.807) is 0 Å². The molecule has 2 atom stereocenters. The molecule has 314 valence electrons. The van der Waals surface area contributed by atoms with Gasteiger partial charge < -0.3 is 20.1 Å². The van der Waals surface area contributed by atoms with E-state index in [4.69, 9.17) is 24.3 Å². The number of unbranched alkanes of at least 4 members (excludes halogenated alkanes) is 27. The van der Waals surface area contributed by atoms with E-state index in [0.29, 0.717) is 6.42 Å². The molecule has 0 aliphatic rings. The summed E-state index contributed by atoms with van der Waals surface area (Å²) >= 11 is 0. The van der Waals surface area contributed by atoms with Crippen LogP contribution < -0.4 is 5.73 Å². The van der Waals surface area contributed by atoms with Crippen molar-refractivity contribution in [3.05, 3.63) is 12.2 Å². The standard InChI is InChI=1S/C43H84NO8P/c1-3-5-7-9-11-13-15-17-19-20-22-24-26-28-30-32-34-36-43(46)52-41(40-51-53(47,48)50-38-37-44)39-49-42(45)35-33-31-29-27-25-23-21-18-16-14-12-10-8-6-4-2/h18,21,41H,3-17,19-20,22-40,44H2,1-2H3,(H,47,48)/b21-18-/t41-/m1/s1. The predicted molar refractivity (Wildman–Crippen MR) is 220 cm³/mol. The number of allylic oxidation sites excluding steroid dienone is 2. The molecule has 0 amide bonds. The molecule has 0 aromatic heterocycles. The molecular weight excluding hydrogens is 689 g/mol. The zero-order valence-electron chi connectivity index (χ0n) is 34.5. The van der Waals surface area contributed by atoms with Gasteiger partial charge in [0, 0.05) is 19.4 Å². The molecule has 0 rings (SSSR count). The van der Waals surface area contributed by atoms with E-state index >= 15 is 0 Å². The summed E-state index contributed by atoms with van der Waals surface area (Å²) in [4.78, 5) is 34.9. The van der Waals surface area contributed by atoms with E-state index in [-0.39, 0.29) is 38.6 Å². The minimum absolute atomic E-state index is 0.0552. The van der Waals surface area contributed by atoms with Crippen LogP contribution in [0.25, 0.3) is 0 Å². The summed E-state index contributed by atoms with van der Waals surface area (Å²) in [6.07, 6.45) is 40.9. The van der Waals surface area contributed by atoms with Gasteiger partial charge >= 0.3 is 19.8 Å². The fourth-order valence-electron chi connectivity index (χ4n) is 6.34. The number of hydrogen-bond acceptors (Lipinski definition) is 8. The Morgan fingerprint density at radius 3 is 1.34 bits per heavy atom. The predicted octanol–water partition coefficient (Wildman–Crippen LogP) is 12.6. The van der Waals surface area contributed by atoms with Crippen molar-refractivity contribution in [1.82, 2.24) is 0 Å². The molecule has 0 heterocycles. The molecule has 0 spiro atoms. The largest absolute Gasteiger partial charge is 0.472 e. The Morgan fingerprint density at radius 2 is 0.925 bits per heavy atom. The van der Waals surface area contributed by atoms with Crippen LogP contribution in [0.2, 0.25) is 0 Å². The maximum atomic E-state index is 12.6. The number of esters is 2. The third-order valence-electron chi connectivity index (χ3n) is 9.65. The lowest BCUT2D eigenvalue weighted by Crippen LogP contribution is -2.29. The molecule has 0 aromatic rings. The highest BCUT2D eigenvalue weighted by Gasteiger charge is 2.26. The molecule has 10 heteroatoms. The summed E-state index contributed by atoms with van der Waals surface area (Å²) in [5.74, 6) is -0.827. The molecule has 0 aliphatic heterocycles. The summed E-state index contributed by atoms with van der Waals surface area (Å²) in [7, 11) is -4.37. The SMILES string of the molecule is CCCCCCCC/C=C\CCCCCCCC(=O)OC[C@H](COP(=O)(O)OCCN)OC(=O)CCCCCCCCCCCCCCCCCCC. The number of carbonyl (C=O) groups excluding carboxylic acids is 2. The van der Waals surface area contributed by atoms with Crippen LogP contribution in [0.5, 0.6) is 0 Å². The minimum atomic E-state index is -4.37. The topological polar surface area (TPSA) is 134 Å². The highest BCUT2D eigenvalue weighted by molar-refractivity contribution is 7.47. The third-order valence-corrected chi connectivity index (χ3v) is 10.6. The first-order valence-corrected chi connectivity index (χ1v) is 23.7. The van der Waals surface area contributed by atoms with Crippen molar-refractivity contribution in [3.8, 4) is 0 Å². The average Bonchev–Trinajstić information content (AvgIpc) is 3.14. The van der Waals surface area contributed by atoms with E-state index in [9.17, 15) is 19.0 Å². The van der Waals surface area contributed by atoms with Crippen molar-refractivity contribution in [2.75, 3.05) is 26.4 Å². The highest BCUT2D eigenvalue weighted by Crippen LogP contribution is 2.43. The average molecular weight is 774 g/mol. The number of hydrogen-bond donors (Lipinski definition) is 2. The van der Waals surface area contributed by atoms with Crippen molar-refractivity contribution in [2.45, 2.75) is 225 Å². The summed E-state index contributed by atoms with van der Waals surface area (Å²) in [5.41, 5.74) is 5.35. The van der Waals surface area contributed by atoms with Crippen LogP contribution in [-0.2, 0) is 32.7 Å². The van der Waals surface area contributed by atoms with Gasteiger partial charge in [0.15, 0.2) is 6.10 Å². The van der Waals surface area contributed by atoms with Gasteiger partial charge in [0.05, 0.1) is 13.2 Å². The van der Waals surface area contributed by atoms with Crippen LogP contribution in [0.3, 0.4) is 0 Å². The van der Waals surface area contributed by atoms with Crippen LogP contribution in [0.1, 0.15) is 219 Å². The second-order valence-electron chi connectivity index (χ2n) is 14.9. The Bertz CT molecular complexity index is 886. The van der Waals surface area contributed by atoms with Crippen molar-refractivity contribution in [3.63, 3.8) is 0 Å². The second-order valence-corrected chi connectivity index (χ2v) is 16.4. The molecule has 9 nitrogen and oxygen atoms in total. The van der Waals surface area contributed by atoms with Crippen LogP contribution >= 0.6 is 7.82 Å². The second kappa shape index (κ2) is 40.4. The maximum Gasteiger partial charge on any atom is 0.472 e. The number of nitrogens with two attached hydrogens (primary N) is 1. The molecule has 3 N–H and O–H groups in total. The fraction of sp³-hybridized carbons (Fsp3) is 0.907. The molecular formula is C43H84NO8P. The van der Waals surface area contributed by atoms with Gasteiger partial charge in [0.2, 0.25) is 0 Å². The molecule has 0 saturated carbocycles. The lowest BCUT2D eigenvalue weighted by Gasteiger charge is -2.19. The molecule has 0 radical (unpaired) electrons. The molecule has 0 saturated heterocycles. The quantitative estimate of drug-likeness (QED) is 0.0269. The highest BCUT2D eigenvalue weighted by atomic mass is 31.2. The van der Waals surface area contributed by atoms with Crippen LogP contribution in [0.4, 0.5) is 0 Å². The van der Waals surface area contributed by atoms with Crippen molar-refractivity contribution in [1.29, 1.82) is 0 Å². The van der Waals surface area contributed by atoms with Gasteiger partial charge in [-0.3, -0.25) is 18.6 Å². The van der Waals surface area contributed by atoms with Gasteiger partial charge in [-0.2, -0.15) is 0 Å². The molecule has 1 unspecified atom stereocenters. The van der Waals surface area contributed by atoms with E-state index in [1.165, 1.54) is 135 Å². The minimum Gasteiger partial charge on any atom is -0.462 e. The number of carbonyl (C=O) groups is 2. The normalized spacial score (nSPS) is 13.4. The smallest absolute Gasteiger partial charge is 0.462 e. The fourth-order valence-corrected chi connectivity index (χ4v) is 7.10. The molecule has 53 heavy (non-hydrogen) atoms. The summed E-state index contributed by atoms with van der Waals surface area (Å²) in [6.45, 7) is 3.75. The maximum absolute atomic E-state index is 12.6. The zero-order valence-corrected chi connectivity index (χ0v) is 35.4. The van der Waals surface area contributed by atoms with Gasteiger partial charge in [-0.1, -0.05) is 180 Å².